The highest BCUT2D eigenvalue weighted by atomic mass is 35.5. The minimum atomic E-state index is -1.15. The Bertz CT molecular complexity index is 762. The normalized spacial score (nSPS) is 25.2. The van der Waals surface area contributed by atoms with Gasteiger partial charge < -0.3 is 5.73 Å². The molecule has 0 saturated carbocycles. The molecule has 1 atom stereocenters. The van der Waals surface area contributed by atoms with Crippen LogP contribution in [0.1, 0.15) is 5.56 Å². The fraction of sp³-hybridized carbons (Fsp3) is 0.250. The Balaban J connectivity index is 2.98. The van der Waals surface area contributed by atoms with E-state index >= 15 is 0 Å². The Labute approximate surface area is 158 Å². The van der Waals surface area contributed by atoms with Crippen LogP contribution in [0.15, 0.2) is 11.5 Å². The number of allylic oxidation sites excluding steroid dienone is 1. The van der Waals surface area contributed by atoms with Crippen molar-refractivity contribution in [3.63, 3.8) is 0 Å². The average molecular weight is 328 g/mol. The highest BCUT2D eigenvalue weighted by molar-refractivity contribution is 6.66. The molecule has 0 aliphatic heterocycles. The van der Waals surface area contributed by atoms with Gasteiger partial charge in [-0.25, -0.2) is 0 Å². The van der Waals surface area contributed by atoms with Crippen LogP contribution in [0.2, 0.25) is 15.5 Å². The van der Waals surface area contributed by atoms with Gasteiger partial charge in [0.1, 0.15) is 70.6 Å². The van der Waals surface area contributed by atoms with E-state index in [1.54, 1.807) is 6.08 Å². The van der Waals surface area contributed by atoms with Crippen molar-refractivity contribution in [2.45, 2.75) is 16.0 Å². The summed E-state index contributed by atoms with van der Waals surface area (Å²) in [6.07, 6.45) is 1.71. The first-order chi connectivity index (χ1) is 10.7. The first kappa shape index (κ1) is 19.8. The quantitative estimate of drug-likeness (QED) is 0.521. The fourth-order valence-electron chi connectivity index (χ4n) is 3.96. The zero-order chi connectivity index (χ0) is 18.8. The molecule has 0 fully saturated rings. The Morgan fingerprint density at radius 3 is 1.83 bits per heavy atom. The maximum atomic E-state index is 13.2. The van der Waals surface area contributed by atoms with Crippen molar-refractivity contribution in [2.24, 2.45) is 5.73 Å². The van der Waals surface area contributed by atoms with Crippen molar-refractivity contribution in [3.05, 3.63) is 22.1 Å². The summed E-state index contributed by atoms with van der Waals surface area (Å²) in [6, 6.07) is 0. The standard InChI is InChI=1S/C12H21B9ClNO/c13-2-1-3(24)10(23,12(20,21)11(2,18)19)4-5(14)6(15)7(16)8(17)9(4)22/h1H,13-21,23H2. The number of ketones is 1. The minimum Gasteiger partial charge on any atom is -0.316 e. The molecule has 1 unspecified atom stereocenters. The maximum Gasteiger partial charge on any atom is 0.178 e. The van der Waals surface area contributed by atoms with Gasteiger partial charge in [0.25, 0.3) is 0 Å². The van der Waals surface area contributed by atoms with E-state index in [1.807, 2.05) is 23.5 Å². The monoisotopic (exact) mass is 329 g/mol. The van der Waals surface area contributed by atoms with Crippen molar-refractivity contribution >= 4 is 110 Å². The molecule has 0 aromatic heterocycles. The Morgan fingerprint density at radius 2 is 1.33 bits per heavy atom. The number of carbonyl (C=O) groups excluding carboxylic acids is 1. The van der Waals surface area contributed by atoms with Crippen molar-refractivity contribution in [3.8, 4) is 0 Å². The van der Waals surface area contributed by atoms with E-state index in [0.717, 1.165) is 32.9 Å². The molecule has 0 spiro atoms. The van der Waals surface area contributed by atoms with Gasteiger partial charge in [0.2, 0.25) is 0 Å². The zero-order valence-corrected chi connectivity index (χ0v) is 17.2. The van der Waals surface area contributed by atoms with Crippen molar-refractivity contribution in [1.82, 2.24) is 0 Å². The third kappa shape index (κ3) is 2.23. The summed E-state index contributed by atoms with van der Waals surface area (Å²) in [6.45, 7) is 0. The maximum absolute atomic E-state index is 13.2. The average Bonchev–Trinajstić information content (AvgIpc) is 2.49. The first-order valence-electron chi connectivity index (χ1n) is 8.51. The third-order valence-corrected chi connectivity index (χ3v) is 7.75. The van der Waals surface area contributed by atoms with E-state index in [1.165, 1.54) is 0 Å². The van der Waals surface area contributed by atoms with Crippen LogP contribution >= 0.6 is 11.6 Å². The molecule has 0 saturated heterocycles. The van der Waals surface area contributed by atoms with Crippen LogP contribution in [0.25, 0.3) is 0 Å². The molecular weight excluding hydrogens is 307 g/mol. The van der Waals surface area contributed by atoms with Crippen LogP contribution in [0.4, 0.5) is 0 Å². The van der Waals surface area contributed by atoms with Crippen LogP contribution < -0.4 is 27.6 Å². The lowest BCUT2D eigenvalue weighted by Gasteiger charge is -2.57. The lowest BCUT2D eigenvalue weighted by Crippen LogP contribution is -2.66. The van der Waals surface area contributed by atoms with Crippen molar-refractivity contribution in [2.75, 3.05) is 0 Å². The van der Waals surface area contributed by atoms with E-state index in [0.29, 0.717) is 5.02 Å². The van der Waals surface area contributed by atoms with Crippen LogP contribution in [-0.4, -0.2) is 76.4 Å². The largest absolute Gasteiger partial charge is 0.316 e. The van der Waals surface area contributed by atoms with Crippen LogP contribution in [0, 0.1) is 0 Å². The second kappa shape index (κ2) is 5.74. The number of nitrogens with two attached hydrogens (primary N) is 1. The van der Waals surface area contributed by atoms with E-state index in [4.69, 9.17) is 17.3 Å². The Hall–Kier alpha value is -0.536. The fourth-order valence-corrected chi connectivity index (χ4v) is 4.39. The molecule has 0 amide bonds. The molecule has 1 aromatic carbocycles. The predicted molar refractivity (Wildman–Crippen MR) is 131 cm³/mol. The lowest BCUT2D eigenvalue weighted by atomic mass is 9.20. The molecule has 1 aliphatic carbocycles. The van der Waals surface area contributed by atoms with Gasteiger partial charge in [0, 0.05) is 5.02 Å². The van der Waals surface area contributed by atoms with E-state index in [2.05, 4.69) is 47.1 Å². The lowest BCUT2D eigenvalue weighted by molar-refractivity contribution is -0.121. The summed E-state index contributed by atoms with van der Waals surface area (Å²) < 4.78 is 0. The van der Waals surface area contributed by atoms with Gasteiger partial charge in [-0.3, -0.25) is 4.79 Å². The molecule has 2 nitrogen and oxygen atoms in total. The Morgan fingerprint density at radius 1 is 0.875 bits per heavy atom. The molecule has 0 radical (unpaired) electrons. The molecular formula is C12H21B9ClNO. The van der Waals surface area contributed by atoms with E-state index < -0.39 is 10.8 Å². The highest BCUT2D eigenvalue weighted by Gasteiger charge is 2.58. The van der Waals surface area contributed by atoms with Gasteiger partial charge in [-0.1, -0.05) is 33.0 Å². The number of rotatable bonds is 1. The van der Waals surface area contributed by atoms with E-state index in [-0.39, 0.29) is 11.0 Å². The van der Waals surface area contributed by atoms with Gasteiger partial charge in [-0.2, -0.15) is 0 Å². The zero-order valence-electron chi connectivity index (χ0n) is 16.4. The number of carbonyl (C=O) groups is 1. The molecule has 0 bridgehead atoms. The van der Waals surface area contributed by atoms with Crippen LogP contribution in [-0.2, 0) is 10.3 Å². The molecule has 24 heavy (non-hydrogen) atoms. The van der Waals surface area contributed by atoms with Gasteiger partial charge in [0.15, 0.2) is 5.78 Å². The van der Waals surface area contributed by atoms with Gasteiger partial charge in [-0.15, -0.1) is 16.4 Å². The number of halogens is 1. The predicted octanol–water partition coefficient (Wildman–Crippen LogP) is -9.61. The Kier molecular flexibility index (Phi) is 4.73. The molecule has 2 rings (SSSR count). The number of hydrogen-bond acceptors (Lipinski definition) is 2. The molecule has 0 heterocycles. The summed E-state index contributed by atoms with van der Waals surface area (Å²) in [7, 11) is 18.7. The van der Waals surface area contributed by atoms with Gasteiger partial charge >= 0.3 is 0 Å². The highest BCUT2D eigenvalue weighted by Crippen LogP contribution is 2.59. The first-order valence-corrected chi connectivity index (χ1v) is 8.89. The summed E-state index contributed by atoms with van der Waals surface area (Å²) >= 11 is 6.77. The van der Waals surface area contributed by atoms with Gasteiger partial charge in [-0.05, 0) is 11.6 Å². The van der Waals surface area contributed by atoms with Gasteiger partial charge in [0.05, 0.1) is 5.54 Å². The summed E-state index contributed by atoms with van der Waals surface area (Å²) in [5.74, 6) is -0.0584. The number of hydrogen-bond donors (Lipinski definition) is 1. The minimum absolute atomic E-state index is 0.0584. The second-order valence-electron chi connectivity index (χ2n) is 8.44. The smallest absolute Gasteiger partial charge is 0.178 e. The topological polar surface area (TPSA) is 43.1 Å². The second-order valence-corrected chi connectivity index (χ2v) is 8.82. The number of benzene rings is 1. The SMILES string of the molecule is BC1=CC(=O)C(N)(c2c(B)c(B)c(B)c(B)c2Cl)C(B)(B)C1(B)B. The third-order valence-electron chi connectivity index (χ3n) is 7.28. The molecule has 2 N–H and O–H groups in total. The summed E-state index contributed by atoms with van der Waals surface area (Å²) in [5, 5.41) is -0.0837. The molecule has 1 aliphatic rings. The van der Waals surface area contributed by atoms with E-state index in [9.17, 15) is 4.79 Å². The molecule has 114 valence electrons. The van der Waals surface area contributed by atoms with Crippen LogP contribution in [0.3, 0.4) is 0 Å². The van der Waals surface area contributed by atoms with Crippen LogP contribution in [0.5, 0.6) is 0 Å². The van der Waals surface area contributed by atoms with Crippen molar-refractivity contribution in [1.29, 1.82) is 0 Å². The molecule has 12 heteroatoms. The summed E-state index contributed by atoms with van der Waals surface area (Å²) in [4.78, 5) is 13.2. The molecule has 1 aromatic rings. The summed E-state index contributed by atoms with van der Waals surface area (Å²) in [5.41, 5.74) is 12.0. The van der Waals surface area contributed by atoms with Crippen molar-refractivity contribution < 1.29 is 4.79 Å².